The maximum atomic E-state index is 15.1. The Kier molecular flexibility index (Phi) is 23.5. The number of benzene rings is 2. The van der Waals surface area contributed by atoms with Crippen LogP contribution in [-0.2, 0) is 65.4 Å². The summed E-state index contributed by atoms with van der Waals surface area (Å²) < 4.78 is 51.5. The third-order valence-electron chi connectivity index (χ3n) is 33.3. The van der Waals surface area contributed by atoms with Crippen molar-refractivity contribution in [1.82, 2.24) is 9.80 Å². The summed E-state index contributed by atoms with van der Waals surface area (Å²) in [5.41, 5.74) is 0.229. The number of ketones is 1. The average Bonchev–Trinajstić information content (AvgIpc) is 1.46. The molecule has 4 spiro atoms. The van der Waals surface area contributed by atoms with Crippen LogP contribution in [0.2, 0.25) is 0 Å². The number of ether oxygens (including phenoxy) is 8. The molecule has 2 unspecified atom stereocenters. The minimum Gasteiger partial charge on any atom is -1.00 e. The normalized spacial score (nSPS) is 45.4. The summed E-state index contributed by atoms with van der Waals surface area (Å²) in [7, 11) is 0. The summed E-state index contributed by atoms with van der Waals surface area (Å²) in [5, 5.41) is 34.7. The molecule has 10 aliphatic carbocycles. The van der Waals surface area contributed by atoms with Crippen molar-refractivity contribution in [2.45, 2.75) is 320 Å². The molecule has 0 aromatic heterocycles. The number of aliphatic hydroxyl groups excluding tert-OH is 1. The maximum Gasteiger partial charge on any atom is 1.00 e. The first-order chi connectivity index (χ1) is 48.0. The predicted molar refractivity (Wildman–Crippen MR) is 408 cm³/mol. The number of Topliss-reactive ketones (excluding diaryl/α,β-unsaturated/α-hetero) is 1. The van der Waals surface area contributed by atoms with Crippen LogP contribution in [0.1, 0.15) is 241 Å². The zero-order valence-corrected chi connectivity index (χ0v) is 68.5. The van der Waals surface area contributed by atoms with Crippen LogP contribution in [0.25, 0.3) is 0 Å². The number of esters is 2. The van der Waals surface area contributed by atoms with Gasteiger partial charge in [0, 0.05) is 78.3 Å². The summed E-state index contributed by atoms with van der Waals surface area (Å²) in [6.45, 7) is 40.2. The van der Waals surface area contributed by atoms with E-state index in [9.17, 15) is 24.9 Å². The standard InChI is InChI=1S/C43H65NO7.C43H63NO7.2CH4.B.Na.H/c2*1-26-22-29(37(39(5,6)47)49-27(2)45)50-35-34(26)40(7)18-19-43-25-42(43)17-16-32(38(3,4)30(42)14-15-31(43)41(40,8)36(35)46)51-33-24-44(20-21-48-33)23-28-12-10-9-11-13-28;;;;;/h9-13,26,29-37,46-47H,14-25H2,1-8H3;9-13,26,29-35,37,47H,14-25H2,1-8H3;2*1H4;;;/q;;;;;+1;-1/t26-,29-,30+,31+,32+,33+,34+,35+,36+,37+,40-,41-,42?,43+;26-,29-,30+,31+,32+,33+,34+,35+,37+,40-,41-,42?,43+;;;;;/m11...../s1. The molecule has 4 aliphatic heterocycles. The zero-order valence-electron chi connectivity index (χ0n) is 67.5. The Bertz CT molecular complexity index is 3470. The van der Waals surface area contributed by atoms with Crippen molar-refractivity contribution in [3.63, 3.8) is 0 Å². The molecule has 2 aromatic rings. The summed E-state index contributed by atoms with van der Waals surface area (Å²) in [6, 6.07) is 21.4. The number of carbonyl (C=O) groups is 3. The van der Waals surface area contributed by atoms with E-state index in [1.807, 2.05) is 0 Å². The summed E-state index contributed by atoms with van der Waals surface area (Å²) >= 11 is 0. The van der Waals surface area contributed by atoms with Gasteiger partial charge >= 0.3 is 41.5 Å². The van der Waals surface area contributed by atoms with Crippen molar-refractivity contribution in [2.24, 2.45) is 101 Å². The van der Waals surface area contributed by atoms with Crippen LogP contribution in [0.5, 0.6) is 0 Å². The molecular weight excluding hydrogens is 1340 g/mol. The average molecular weight is 1480 g/mol. The monoisotopic (exact) mass is 1480 g/mol. The van der Waals surface area contributed by atoms with Gasteiger partial charge < -0.3 is 54.6 Å². The molecule has 106 heavy (non-hydrogen) atoms. The van der Waals surface area contributed by atoms with Crippen LogP contribution in [0.4, 0.5) is 0 Å². The second-order valence-corrected chi connectivity index (χ2v) is 39.6. The fourth-order valence-corrected chi connectivity index (χ4v) is 28.7. The van der Waals surface area contributed by atoms with Crippen LogP contribution in [0.3, 0.4) is 0 Å². The van der Waals surface area contributed by atoms with Crippen LogP contribution < -0.4 is 29.6 Å². The molecular formula is C88H137BN2NaO14. The summed E-state index contributed by atoms with van der Waals surface area (Å²) in [5.74, 6) is 2.15. The van der Waals surface area contributed by atoms with Crippen molar-refractivity contribution in [2.75, 3.05) is 39.4 Å². The molecule has 14 fully saturated rings. The van der Waals surface area contributed by atoms with Gasteiger partial charge in [-0.3, -0.25) is 24.2 Å². The summed E-state index contributed by atoms with van der Waals surface area (Å²) in [4.78, 5) is 44.2. The second-order valence-electron chi connectivity index (χ2n) is 39.6. The van der Waals surface area contributed by atoms with Crippen LogP contribution >= 0.6 is 0 Å². The van der Waals surface area contributed by atoms with Gasteiger partial charge in [-0.2, -0.15) is 0 Å². The molecule has 14 aliphatic rings. The van der Waals surface area contributed by atoms with E-state index in [1.165, 1.54) is 69.9 Å². The molecule has 3 radical (unpaired) electrons. The number of carbonyl (C=O) groups excluding carboxylic acids is 3. The maximum absolute atomic E-state index is 15.1. The van der Waals surface area contributed by atoms with E-state index in [2.05, 4.69) is 140 Å². The molecule has 0 amide bonds. The Morgan fingerprint density at radius 2 is 0.981 bits per heavy atom. The quantitative estimate of drug-likeness (QED) is 0.119. The Balaban J connectivity index is 0.000000218. The minimum absolute atomic E-state index is 0. The Morgan fingerprint density at radius 1 is 0.575 bits per heavy atom. The predicted octanol–water partition coefficient (Wildman–Crippen LogP) is 11.7. The van der Waals surface area contributed by atoms with Crippen molar-refractivity contribution < 1.29 is 98.6 Å². The van der Waals surface area contributed by atoms with Gasteiger partial charge in [0.1, 0.15) is 6.10 Å². The second kappa shape index (κ2) is 29.5. The molecule has 2 aromatic carbocycles. The van der Waals surface area contributed by atoms with Crippen molar-refractivity contribution in [3.05, 3.63) is 71.8 Å². The number of fused-ring (bicyclic) bond motifs is 8. The van der Waals surface area contributed by atoms with E-state index in [0.29, 0.717) is 55.1 Å². The van der Waals surface area contributed by atoms with Gasteiger partial charge in [0.25, 0.3) is 0 Å². The van der Waals surface area contributed by atoms with Gasteiger partial charge in [-0.1, -0.05) is 145 Å². The Labute approximate surface area is 663 Å². The van der Waals surface area contributed by atoms with E-state index in [-0.39, 0.29) is 158 Å². The van der Waals surface area contributed by atoms with Crippen LogP contribution in [0, 0.1) is 101 Å². The Morgan fingerprint density at radius 3 is 1.43 bits per heavy atom. The Hall–Kier alpha value is -2.33. The summed E-state index contributed by atoms with van der Waals surface area (Å²) in [6.07, 6.45) is 13.3. The number of rotatable bonds is 14. The molecule has 587 valence electrons. The minimum atomic E-state index is -1.28. The number of hydrogen-bond donors (Lipinski definition) is 3. The van der Waals surface area contributed by atoms with Gasteiger partial charge in [0.2, 0.25) is 0 Å². The molecule has 16 nitrogen and oxygen atoms in total. The van der Waals surface area contributed by atoms with Gasteiger partial charge in [0.05, 0.1) is 61.0 Å². The fourth-order valence-electron chi connectivity index (χ4n) is 28.7. The van der Waals surface area contributed by atoms with Crippen molar-refractivity contribution >= 4 is 26.1 Å². The number of morpholine rings is 2. The fraction of sp³-hybridized carbons (Fsp3) is 0.830. The smallest absolute Gasteiger partial charge is 1.00 e. The first kappa shape index (κ1) is 84.6. The van der Waals surface area contributed by atoms with Crippen molar-refractivity contribution in [1.29, 1.82) is 0 Å². The molecule has 4 heterocycles. The molecule has 16 rings (SSSR count). The molecule has 18 heteroatoms. The molecule has 27 atom stereocenters. The first-order valence-electron chi connectivity index (χ1n) is 40.3. The topological polar surface area (TPSA) is 192 Å². The van der Waals surface area contributed by atoms with Crippen LogP contribution in [0.15, 0.2) is 60.7 Å². The molecule has 4 saturated heterocycles. The number of hydrogen-bond acceptors (Lipinski definition) is 16. The zero-order chi connectivity index (χ0) is 72.7. The number of aliphatic hydroxyl groups is 3. The third kappa shape index (κ3) is 13.0. The van der Waals surface area contributed by atoms with Crippen molar-refractivity contribution in [3.8, 4) is 0 Å². The van der Waals surface area contributed by atoms with Crippen LogP contribution in [-0.4, -0.2) is 169 Å². The largest absolute Gasteiger partial charge is 1.00 e. The number of nitrogens with zero attached hydrogens (tertiary/aromatic N) is 2. The van der Waals surface area contributed by atoms with Gasteiger partial charge in [-0.15, -0.1) is 0 Å². The molecule has 0 bridgehead atoms. The van der Waals surface area contributed by atoms with E-state index < -0.39 is 65.2 Å². The molecule has 10 saturated carbocycles. The van der Waals surface area contributed by atoms with Gasteiger partial charge in [-0.05, 0) is 226 Å². The van der Waals surface area contributed by atoms with E-state index in [4.69, 9.17) is 37.9 Å². The SMILES string of the molecule is C.C.CC(=O)O[C@@H]([C@H]1C[C@@H](C)[C@H]2[C@H](O1)C(=O)[C@@]1(C)[C@@H]3CC[C@H]4C(C)(C)[C@@H](O[C@H]5CN(Cc6ccccc6)CCO5)CCC45C[C@@]35CC[C@]21C)C(C)(C)O.CC(=O)O[C@@H]([C@H]1C[C@@H](C)[C@H]2[C@H](O1)[C@H](O)[C@@]1(C)[C@@H]3CC[C@H]4C(C)(C)[C@@H](O[C@H]5CN(Cc6ccccc6)CCO5)CCC45C[C@@]35CC[C@]21C)C(C)(C)O.[B].[H-].[Na+]. The van der Waals surface area contributed by atoms with Gasteiger partial charge in [0.15, 0.2) is 30.6 Å². The third-order valence-corrected chi connectivity index (χ3v) is 33.3. The van der Waals surface area contributed by atoms with E-state index in [0.717, 1.165) is 84.2 Å². The molecule has 3 N–H and O–H groups in total. The van der Waals surface area contributed by atoms with E-state index in [1.54, 1.807) is 27.7 Å². The van der Waals surface area contributed by atoms with E-state index >= 15 is 4.79 Å². The van der Waals surface area contributed by atoms with Gasteiger partial charge in [-0.25, -0.2) is 0 Å². The first-order valence-corrected chi connectivity index (χ1v) is 40.3.